The molecule has 0 aliphatic carbocycles. The Labute approximate surface area is 108 Å². The third-order valence-electron chi connectivity index (χ3n) is 3.06. The van der Waals surface area contributed by atoms with Crippen molar-refractivity contribution < 1.29 is 4.39 Å². The predicted octanol–water partition coefficient (Wildman–Crippen LogP) is 3.87. The van der Waals surface area contributed by atoms with Gasteiger partial charge in [-0.05, 0) is 54.1 Å². The van der Waals surface area contributed by atoms with Crippen molar-refractivity contribution in [3.05, 3.63) is 58.9 Å². The van der Waals surface area contributed by atoms with Crippen molar-refractivity contribution in [3.8, 4) is 5.69 Å². The molecule has 0 atom stereocenters. The molecule has 0 N–H and O–H groups in total. The van der Waals surface area contributed by atoms with Gasteiger partial charge in [-0.25, -0.2) is 9.07 Å². The van der Waals surface area contributed by atoms with E-state index in [2.05, 4.69) is 10.3 Å². The molecule has 3 aromatic rings. The quantitative estimate of drug-likeness (QED) is 0.652. The van der Waals surface area contributed by atoms with Crippen molar-refractivity contribution >= 4 is 16.6 Å². The molecule has 0 spiro atoms. The summed E-state index contributed by atoms with van der Waals surface area (Å²) in [6.07, 6.45) is 1.66. The van der Waals surface area contributed by atoms with E-state index in [0.29, 0.717) is 5.69 Å². The van der Waals surface area contributed by atoms with Crippen LogP contribution in [0.3, 0.4) is 0 Å². The van der Waals surface area contributed by atoms with E-state index in [1.54, 1.807) is 29.1 Å². The molecule has 1 heterocycles. The minimum atomic E-state index is -0.288. The number of aryl methyl sites for hydroxylation is 1. The topological polar surface area (TPSA) is 47.2 Å². The van der Waals surface area contributed by atoms with Crippen LogP contribution in [0.25, 0.3) is 16.6 Å². The second kappa shape index (κ2) is 4.28. The Bertz CT molecular complexity index is 762. The summed E-state index contributed by atoms with van der Waals surface area (Å²) in [5.74, 6) is -0.288. The molecular formula is C14H10FN3O. The molecule has 0 aliphatic heterocycles. The maximum absolute atomic E-state index is 12.9. The first-order valence-electron chi connectivity index (χ1n) is 5.77. The lowest BCUT2D eigenvalue weighted by Crippen LogP contribution is -1.96. The van der Waals surface area contributed by atoms with E-state index in [1.807, 2.05) is 13.0 Å². The van der Waals surface area contributed by atoms with E-state index >= 15 is 0 Å². The molecule has 0 unspecified atom stereocenters. The van der Waals surface area contributed by atoms with Crippen molar-refractivity contribution in [3.63, 3.8) is 0 Å². The Morgan fingerprint density at radius 1 is 1.21 bits per heavy atom. The van der Waals surface area contributed by atoms with Crippen LogP contribution in [0.1, 0.15) is 5.56 Å². The maximum atomic E-state index is 12.9. The van der Waals surface area contributed by atoms with Crippen molar-refractivity contribution in [2.45, 2.75) is 6.92 Å². The second-order valence-corrected chi connectivity index (χ2v) is 4.32. The number of nitroso groups, excluding NO2 is 1. The number of aromatic nitrogens is 2. The fourth-order valence-electron chi connectivity index (χ4n) is 2.05. The van der Waals surface area contributed by atoms with Gasteiger partial charge in [0, 0.05) is 5.39 Å². The molecule has 2 aromatic carbocycles. The molecule has 0 radical (unpaired) electrons. The van der Waals surface area contributed by atoms with E-state index < -0.39 is 0 Å². The maximum Gasteiger partial charge on any atom is 0.123 e. The SMILES string of the molecule is Cc1cc2c(cnn2-c2ccc(F)cc2)cc1N=O. The zero-order chi connectivity index (χ0) is 13.4. The number of rotatable bonds is 2. The van der Waals surface area contributed by atoms with E-state index in [1.165, 1.54) is 12.1 Å². The van der Waals surface area contributed by atoms with Gasteiger partial charge in [0.15, 0.2) is 0 Å². The van der Waals surface area contributed by atoms with Crippen LogP contribution in [0.4, 0.5) is 10.1 Å². The first-order valence-corrected chi connectivity index (χ1v) is 5.77. The highest BCUT2D eigenvalue weighted by atomic mass is 19.1. The minimum absolute atomic E-state index is 0.288. The summed E-state index contributed by atoms with van der Waals surface area (Å²) in [7, 11) is 0. The first kappa shape index (κ1) is 11.5. The number of hydrogen-bond acceptors (Lipinski definition) is 3. The summed E-state index contributed by atoms with van der Waals surface area (Å²) in [5, 5.41) is 8.06. The Hall–Kier alpha value is -2.56. The van der Waals surface area contributed by atoms with Crippen LogP contribution in [0.15, 0.2) is 47.8 Å². The Morgan fingerprint density at radius 3 is 2.63 bits per heavy atom. The van der Waals surface area contributed by atoms with Gasteiger partial charge in [-0.3, -0.25) is 0 Å². The van der Waals surface area contributed by atoms with Gasteiger partial charge in [0.2, 0.25) is 0 Å². The summed E-state index contributed by atoms with van der Waals surface area (Å²) in [5.41, 5.74) is 2.82. The number of hydrogen-bond donors (Lipinski definition) is 0. The van der Waals surface area contributed by atoms with Crippen LogP contribution in [-0.2, 0) is 0 Å². The van der Waals surface area contributed by atoms with E-state index in [9.17, 15) is 9.30 Å². The molecule has 19 heavy (non-hydrogen) atoms. The molecule has 5 heteroatoms. The fourth-order valence-corrected chi connectivity index (χ4v) is 2.05. The van der Waals surface area contributed by atoms with Gasteiger partial charge in [-0.2, -0.15) is 5.10 Å². The molecule has 1 aromatic heterocycles. The van der Waals surface area contributed by atoms with Crippen LogP contribution in [0.2, 0.25) is 0 Å². The van der Waals surface area contributed by atoms with Gasteiger partial charge in [0.05, 0.1) is 17.4 Å². The highest BCUT2D eigenvalue weighted by Crippen LogP contribution is 2.27. The molecule has 3 rings (SSSR count). The lowest BCUT2D eigenvalue weighted by Gasteiger charge is -2.04. The number of fused-ring (bicyclic) bond motifs is 1. The van der Waals surface area contributed by atoms with Gasteiger partial charge < -0.3 is 0 Å². The molecule has 0 saturated carbocycles. The Kier molecular flexibility index (Phi) is 2.59. The molecule has 0 saturated heterocycles. The standard InChI is InChI=1S/C14H10FN3O/c1-9-6-14-10(7-13(9)17-19)8-16-18(14)12-4-2-11(15)3-5-12/h2-8H,1H3. The summed E-state index contributed by atoms with van der Waals surface area (Å²) in [6, 6.07) is 9.63. The van der Waals surface area contributed by atoms with Crippen molar-refractivity contribution in [2.75, 3.05) is 0 Å². The Balaban J connectivity index is 2.22. The zero-order valence-electron chi connectivity index (χ0n) is 10.2. The van der Waals surface area contributed by atoms with Crippen molar-refractivity contribution in [1.29, 1.82) is 0 Å². The molecule has 0 aliphatic rings. The average molecular weight is 255 g/mol. The minimum Gasteiger partial charge on any atom is -0.233 e. The van der Waals surface area contributed by atoms with Crippen molar-refractivity contribution in [2.24, 2.45) is 5.18 Å². The van der Waals surface area contributed by atoms with Gasteiger partial charge in [0.1, 0.15) is 11.5 Å². The number of benzene rings is 2. The summed E-state index contributed by atoms with van der Waals surface area (Å²) in [6.45, 7) is 1.82. The van der Waals surface area contributed by atoms with Crippen LogP contribution < -0.4 is 0 Å². The van der Waals surface area contributed by atoms with E-state index in [0.717, 1.165) is 22.2 Å². The van der Waals surface area contributed by atoms with E-state index in [4.69, 9.17) is 0 Å². The molecule has 0 bridgehead atoms. The molecule has 4 nitrogen and oxygen atoms in total. The molecular weight excluding hydrogens is 245 g/mol. The van der Waals surface area contributed by atoms with Crippen LogP contribution in [-0.4, -0.2) is 9.78 Å². The van der Waals surface area contributed by atoms with E-state index in [-0.39, 0.29) is 5.82 Å². The summed E-state index contributed by atoms with van der Waals surface area (Å²) in [4.78, 5) is 10.7. The lowest BCUT2D eigenvalue weighted by molar-refractivity contribution is 0.627. The van der Waals surface area contributed by atoms with Gasteiger partial charge >= 0.3 is 0 Å². The Morgan fingerprint density at radius 2 is 1.95 bits per heavy atom. The molecule has 94 valence electrons. The van der Waals surface area contributed by atoms with Gasteiger partial charge in [-0.1, -0.05) is 0 Å². The van der Waals surface area contributed by atoms with Crippen LogP contribution in [0, 0.1) is 17.6 Å². The smallest absolute Gasteiger partial charge is 0.123 e. The van der Waals surface area contributed by atoms with Gasteiger partial charge in [-0.15, -0.1) is 4.91 Å². The van der Waals surface area contributed by atoms with Crippen LogP contribution >= 0.6 is 0 Å². The monoisotopic (exact) mass is 255 g/mol. The number of halogens is 1. The second-order valence-electron chi connectivity index (χ2n) is 4.32. The van der Waals surface area contributed by atoms with Crippen molar-refractivity contribution in [1.82, 2.24) is 9.78 Å². The zero-order valence-corrected chi connectivity index (χ0v) is 10.2. The molecule has 0 fully saturated rings. The average Bonchev–Trinajstić information content (AvgIpc) is 2.81. The summed E-state index contributed by atoms with van der Waals surface area (Å²) >= 11 is 0. The normalized spacial score (nSPS) is 10.8. The highest BCUT2D eigenvalue weighted by molar-refractivity contribution is 5.84. The first-order chi connectivity index (χ1) is 9.19. The third kappa shape index (κ3) is 1.89. The van der Waals surface area contributed by atoms with Crippen LogP contribution in [0.5, 0.6) is 0 Å². The molecule has 0 amide bonds. The highest BCUT2D eigenvalue weighted by Gasteiger charge is 2.08. The largest absolute Gasteiger partial charge is 0.233 e. The summed E-state index contributed by atoms with van der Waals surface area (Å²) < 4.78 is 14.6. The fraction of sp³-hybridized carbons (Fsp3) is 0.0714. The predicted molar refractivity (Wildman–Crippen MR) is 71.2 cm³/mol. The number of nitrogens with zero attached hydrogens (tertiary/aromatic N) is 3. The lowest BCUT2D eigenvalue weighted by atomic mass is 10.1. The third-order valence-corrected chi connectivity index (χ3v) is 3.06. The van der Waals surface area contributed by atoms with Gasteiger partial charge in [0.25, 0.3) is 0 Å².